The number of hydrogen-bond acceptors (Lipinski definition) is 6. The van der Waals surface area contributed by atoms with Gasteiger partial charge in [0.1, 0.15) is 5.76 Å². The molecular formula is C18H26N2O5. The summed E-state index contributed by atoms with van der Waals surface area (Å²) in [6.07, 6.45) is 4.66. The first kappa shape index (κ1) is 19.2. The Hall–Kier alpha value is -2.12. The Morgan fingerprint density at radius 2 is 2.16 bits per heavy atom. The number of carbonyl (C=O) groups excluding carboxylic acids is 2. The molecule has 138 valence electrons. The van der Waals surface area contributed by atoms with Crippen LogP contribution in [0.15, 0.2) is 28.9 Å². The van der Waals surface area contributed by atoms with Gasteiger partial charge in [-0.05, 0) is 18.2 Å². The Balaban J connectivity index is 1.96. The topological polar surface area (TPSA) is 72.2 Å². The molecule has 1 aliphatic rings. The molecule has 0 spiro atoms. The van der Waals surface area contributed by atoms with E-state index in [9.17, 15) is 9.59 Å². The van der Waals surface area contributed by atoms with Gasteiger partial charge in [-0.25, -0.2) is 0 Å². The van der Waals surface area contributed by atoms with E-state index in [4.69, 9.17) is 13.9 Å². The molecule has 0 aromatic carbocycles. The predicted molar refractivity (Wildman–Crippen MR) is 92.8 cm³/mol. The lowest BCUT2D eigenvalue weighted by Gasteiger charge is -2.30. The third kappa shape index (κ3) is 6.36. The second-order valence-electron chi connectivity index (χ2n) is 6.01. The van der Waals surface area contributed by atoms with Gasteiger partial charge in [-0.15, -0.1) is 0 Å². The third-order valence-electron chi connectivity index (χ3n) is 4.13. The second kappa shape index (κ2) is 10.0. The molecule has 1 aromatic heterocycles. The van der Waals surface area contributed by atoms with E-state index in [1.807, 2.05) is 0 Å². The highest BCUT2D eigenvalue weighted by molar-refractivity contribution is 5.91. The first-order valence-corrected chi connectivity index (χ1v) is 8.48. The van der Waals surface area contributed by atoms with Gasteiger partial charge in [-0.1, -0.05) is 6.92 Å². The molecule has 1 atom stereocenters. The van der Waals surface area contributed by atoms with Crippen LogP contribution in [-0.2, 0) is 19.1 Å². The number of carbonyl (C=O) groups is 2. The van der Waals surface area contributed by atoms with Crippen molar-refractivity contribution in [3.8, 4) is 0 Å². The first-order valence-electron chi connectivity index (χ1n) is 8.48. The minimum Gasteiger partial charge on any atom is -0.469 e. The van der Waals surface area contributed by atoms with Crippen molar-refractivity contribution < 1.29 is 23.5 Å². The molecule has 7 heteroatoms. The Labute approximate surface area is 148 Å². The lowest BCUT2D eigenvalue weighted by Crippen LogP contribution is -2.44. The molecule has 1 aromatic rings. The predicted octanol–water partition coefficient (Wildman–Crippen LogP) is 1.26. The van der Waals surface area contributed by atoms with Gasteiger partial charge >= 0.3 is 5.97 Å². The van der Waals surface area contributed by atoms with Gasteiger partial charge < -0.3 is 18.8 Å². The average molecular weight is 350 g/mol. The lowest BCUT2D eigenvalue weighted by atomic mass is 10.1. The van der Waals surface area contributed by atoms with Gasteiger partial charge in [-0.2, -0.15) is 0 Å². The number of rotatable bonds is 8. The molecule has 2 rings (SSSR count). The Morgan fingerprint density at radius 1 is 1.40 bits per heavy atom. The Kier molecular flexibility index (Phi) is 7.69. The van der Waals surface area contributed by atoms with E-state index in [0.717, 1.165) is 19.6 Å². The molecule has 2 heterocycles. The third-order valence-corrected chi connectivity index (χ3v) is 4.13. The number of ether oxygens (including phenoxy) is 2. The molecular weight excluding hydrogens is 324 g/mol. The molecule has 0 N–H and O–H groups in total. The second-order valence-corrected chi connectivity index (χ2v) is 6.01. The smallest absolute Gasteiger partial charge is 0.310 e. The van der Waals surface area contributed by atoms with Gasteiger partial charge in [0, 0.05) is 38.8 Å². The van der Waals surface area contributed by atoms with Crippen molar-refractivity contribution in [3.05, 3.63) is 30.2 Å². The molecule has 1 amide bonds. The maximum Gasteiger partial charge on any atom is 0.310 e. The summed E-state index contributed by atoms with van der Waals surface area (Å²) in [6, 6.07) is 3.54. The summed E-state index contributed by atoms with van der Waals surface area (Å²) in [5.41, 5.74) is 0. The van der Waals surface area contributed by atoms with E-state index in [1.54, 1.807) is 36.3 Å². The molecule has 7 nitrogen and oxygen atoms in total. The summed E-state index contributed by atoms with van der Waals surface area (Å²) in [7, 11) is 1.36. The van der Waals surface area contributed by atoms with Gasteiger partial charge in [0.15, 0.2) is 0 Å². The standard InChI is InChI=1S/C18H26N2O5/c1-15(18(22)23-2)14-20(8-7-19-9-12-24-13-10-19)17(21)6-5-16-4-3-11-25-16/h3-6,11,15H,7-10,12-14H2,1-2H3/b6-5+. The minimum absolute atomic E-state index is 0.152. The van der Waals surface area contributed by atoms with Crippen LogP contribution in [-0.4, -0.2) is 74.7 Å². The summed E-state index contributed by atoms with van der Waals surface area (Å²) in [6.45, 7) is 6.51. The quantitative estimate of drug-likeness (QED) is 0.519. The molecule has 0 radical (unpaired) electrons. The van der Waals surface area contributed by atoms with Crippen LogP contribution in [0.5, 0.6) is 0 Å². The van der Waals surface area contributed by atoms with Gasteiger partial charge in [0.25, 0.3) is 0 Å². The van der Waals surface area contributed by atoms with Crippen LogP contribution >= 0.6 is 0 Å². The zero-order chi connectivity index (χ0) is 18.1. The SMILES string of the molecule is COC(=O)C(C)CN(CCN1CCOCC1)C(=O)/C=C/c1ccco1. The number of morpholine rings is 1. The molecule has 0 saturated carbocycles. The van der Waals surface area contributed by atoms with E-state index < -0.39 is 0 Å². The fraction of sp³-hybridized carbons (Fsp3) is 0.556. The van der Waals surface area contributed by atoms with Crippen LogP contribution in [0.4, 0.5) is 0 Å². The number of esters is 1. The van der Waals surface area contributed by atoms with Crippen LogP contribution in [0.25, 0.3) is 6.08 Å². The summed E-state index contributed by atoms with van der Waals surface area (Å²) >= 11 is 0. The van der Waals surface area contributed by atoms with Crippen molar-refractivity contribution in [2.75, 3.05) is 53.0 Å². The summed E-state index contributed by atoms with van der Waals surface area (Å²) < 4.78 is 15.3. The molecule has 25 heavy (non-hydrogen) atoms. The van der Waals surface area contributed by atoms with E-state index in [0.29, 0.717) is 32.1 Å². The Morgan fingerprint density at radius 3 is 2.80 bits per heavy atom. The number of nitrogens with zero attached hydrogens (tertiary/aromatic N) is 2. The fourth-order valence-corrected chi connectivity index (χ4v) is 2.63. The highest BCUT2D eigenvalue weighted by atomic mass is 16.5. The van der Waals surface area contributed by atoms with Gasteiger partial charge in [-0.3, -0.25) is 14.5 Å². The molecule has 1 fully saturated rings. The number of furan rings is 1. The lowest BCUT2D eigenvalue weighted by molar-refractivity contribution is -0.146. The van der Waals surface area contributed by atoms with E-state index in [1.165, 1.54) is 13.2 Å². The number of hydrogen-bond donors (Lipinski definition) is 0. The van der Waals surface area contributed by atoms with Crippen LogP contribution < -0.4 is 0 Å². The molecule has 0 aliphatic carbocycles. The Bertz CT molecular complexity index is 564. The highest BCUT2D eigenvalue weighted by Crippen LogP contribution is 2.07. The minimum atomic E-state index is -0.379. The largest absolute Gasteiger partial charge is 0.469 e. The van der Waals surface area contributed by atoms with E-state index >= 15 is 0 Å². The molecule has 0 bridgehead atoms. The zero-order valence-corrected chi connectivity index (χ0v) is 14.8. The first-order chi connectivity index (χ1) is 12.1. The van der Waals surface area contributed by atoms with Crippen LogP contribution in [0.2, 0.25) is 0 Å². The molecule has 1 unspecified atom stereocenters. The highest BCUT2D eigenvalue weighted by Gasteiger charge is 2.21. The van der Waals surface area contributed by atoms with Crippen LogP contribution in [0.3, 0.4) is 0 Å². The van der Waals surface area contributed by atoms with Gasteiger partial charge in [0.2, 0.25) is 5.91 Å². The monoisotopic (exact) mass is 350 g/mol. The van der Waals surface area contributed by atoms with E-state index in [-0.39, 0.29) is 17.8 Å². The summed E-state index contributed by atoms with van der Waals surface area (Å²) in [5, 5.41) is 0. The average Bonchev–Trinajstić information content (AvgIpc) is 3.16. The number of amides is 1. The molecule has 1 saturated heterocycles. The van der Waals surface area contributed by atoms with Crippen molar-refractivity contribution in [1.29, 1.82) is 0 Å². The van der Waals surface area contributed by atoms with Crippen molar-refractivity contribution in [3.63, 3.8) is 0 Å². The van der Waals surface area contributed by atoms with E-state index in [2.05, 4.69) is 4.90 Å². The normalized spacial score (nSPS) is 16.7. The maximum absolute atomic E-state index is 12.6. The molecule has 1 aliphatic heterocycles. The van der Waals surface area contributed by atoms with Crippen molar-refractivity contribution in [2.24, 2.45) is 5.92 Å². The van der Waals surface area contributed by atoms with Crippen molar-refractivity contribution in [1.82, 2.24) is 9.80 Å². The fourth-order valence-electron chi connectivity index (χ4n) is 2.63. The number of methoxy groups -OCH3 is 1. The maximum atomic E-state index is 12.6. The van der Waals surface area contributed by atoms with Crippen molar-refractivity contribution >= 4 is 18.0 Å². The van der Waals surface area contributed by atoms with Crippen LogP contribution in [0.1, 0.15) is 12.7 Å². The summed E-state index contributed by atoms with van der Waals surface area (Å²) in [5.74, 6) is -0.238. The van der Waals surface area contributed by atoms with Gasteiger partial charge in [0.05, 0.1) is 32.5 Å². The van der Waals surface area contributed by atoms with Crippen molar-refractivity contribution in [2.45, 2.75) is 6.92 Å². The zero-order valence-electron chi connectivity index (χ0n) is 14.8. The summed E-state index contributed by atoms with van der Waals surface area (Å²) in [4.78, 5) is 28.2. The van der Waals surface area contributed by atoms with Crippen LogP contribution in [0, 0.1) is 5.92 Å².